The highest BCUT2D eigenvalue weighted by Crippen LogP contribution is 2.37. The number of nitrogens with two attached hydrogens (primary N) is 2. The maximum absolute atomic E-state index is 13.1. The van der Waals surface area contributed by atoms with E-state index in [1.807, 2.05) is 0 Å². The fourth-order valence-electron chi connectivity index (χ4n) is 2.27. The summed E-state index contributed by atoms with van der Waals surface area (Å²) in [4.78, 5) is -0.110. The van der Waals surface area contributed by atoms with Crippen LogP contribution in [0.4, 0.5) is 24.5 Å². The molecule has 2 rings (SSSR count). The van der Waals surface area contributed by atoms with Crippen LogP contribution in [0.2, 0.25) is 0 Å². The van der Waals surface area contributed by atoms with Gasteiger partial charge < -0.3 is 16.6 Å². The average Bonchev–Trinajstić information content (AvgIpc) is 2.53. The van der Waals surface area contributed by atoms with Crippen molar-refractivity contribution >= 4 is 21.4 Å². The van der Waals surface area contributed by atoms with Crippen LogP contribution in [-0.2, 0) is 16.2 Å². The predicted octanol–water partition coefficient (Wildman–Crippen LogP) is 2.47. The van der Waals surface area contributed by atoms with Gasteiger partial charge in [-0.1, -0.05) is 0 Å². The molecule has 0 aliphatic rings. The Hall–Kier alpha value is -2.30. The number of alkyl halides is 3. The normalized spacial score (nSPS) is 14.7. The molecule has 0 fully saturated rings. The Morgan fingerprint density at radius 1 is 1.12 bits per heavy atom. The van der Waals surface area contributed by atoms with Gasteiger partial charge in [-0.05, 0) is 55.0 Å². The number of halogens is 3. The van der Waals surface area contributed by atoms with Gasteiger partial charge in [0.05, 0.1) is 16.6 Å². The van der Waals surface area contributed by atoms with Crippen molar-refractivity contribution in [2.45, 2.75) is 30.1 Å². The molecule has 0 bridgehead atoms. The Morgan fingerprint density at radius 2 is 1.69 bits per heavy atom. The SMILES string of the molecule is CC(N)C(O)c1cc(NS(=O)(=O)c2ccc(N)cc2)ccc1C(F)(F)F. The summed E-state index contributed by atoms with van der Waals surface area (Å²) in [6.07, 6.45) is -6.34. The zero-order chi connectivity index (χ0) is 19.7. The zero-order valence-corrected chi connectivity index (χ0v) is 14.5. The summed E-state index contributed by atoms with van der Waals surface area (Å²) in [5.74, 6) is 0. The monoisotopic (exact) mass is 389 g/mol. The maximum atomic E-state index is 13.1. The summed E-state index contributed by atoms with van der Waals surface area (Å²) in [7, 11) is -4.04. The Bertz CT molecular complexity index is 882. The first-order valence-corrected chi connectivity index (χ1v) is 8.93. The van der Waals surface area contributed by atoms with Crippen LogP contribution in [0.1, 0.15) is 24.2 Å². The maximum Gasteiger partial charge on any atom is 0.416 e. The molecule has 2 aromatic rings. The van der Waals surface area contributed by atoms with Gasteiger partial charge in [-0.3, -0.25) is 4.72 Å². The smallest absolute Gasteiger partial charge is 0.399 e. The molecule has 6 nitrogen and oxygen atoms in total. The molecule has 142 valence electrons. The van der Waals surface area contributed by atoms with E-state index in [0.717, 1.165) is 12.1 Å². The number of rotatable bonds is 5. The quantitative estimate of drug-likeness (QED) is 0.586. The molecule has 6 N–H and O–H groups in total. The second-order valence-corrected chi connectivity index (χ2v) is 7.46. The Labute approximate surface area is 148 Å². The zero-order valence-electron chi connectivity index (χ0n) is 13.7. The number of hydrogen-bond acceptors (Lipinski definition) is 5. The largest absolute Gasteiger partial charge is 0.416 e. The summed E-state index contributed by atoms with van der Waals surface area (Å²) in [6, 6.07) is 6.89. The Morgan fingerprint density at radius 3 is 2.19 bits per heavy atom. The van der Waals surface area contributed by atoms with Gasteiger partial charge >= 0.3 is 6.18 Å². The van der Waals surface area contributed by atoms with Crippen LogP contribution >= 0.6 is 0 Å². The van der Waals surface area contributed by atoms with Crippen LogP contribution in [-0.4, -0.2) is 19.6 Å². The lowest BCUT2D eigenvalue weighted by Gasteiger charge is -2.21. The summed E-state index contributed by atoms with van der Waals surface area (Å²) in [5.41, 5.74) is 9.63. The van der Waals surface area contributed by atoms with Gasteiger partial charge in [0, 0.05) is 17.4 Å². The van der Waals surface area contributed by atoms with Crippen LogP contribution in [0.25, 0.3) is 0 Å². The molecule has 0 spiro atoms. The standard InChI is InChI=1S/C16H18F3N3O3S/c1-9(20)15(23)13-8-11(4-7-14(13)16(17,18)19)22-26(24,25)12-5-2-10(21)3-6-12/h2-9,15,22-23H,20-21H2,1H3. The molecular formula is C16H18F3N3O3S. The van der Waals surface area contributed by atoms with Gasteiger partial charge in [0.1, 0.15) is 0 Å². The molecule has 0 amide bonds. The molecule has 0 heterocycles. The number of hydrogen-bond donors (Lipinski definition) is 4. The third-order valence-electron chi connectivity index (χ3n) is 3.62. The fourth-order valence-corrected chi connectivity index (χ4v) is 3.32. The van der Waals surface area contributed by atoms with Gasteiger partial charge in [-0.2, -0.15) is 13.2 Å². The third kappa shape index (κ3) is 4.45. The minimum absolute atomic E-state index is 0.110. The van der Waals surface area contributed by atoms with Crippen molar-refractivity contribution in [2.24, 2.45) is 5.73 Å². The fraction of sp³-hybridized carbons (Fsp3) is 0.250. The number of aliphatic hydroxyl groups excluding tert-OH is 1. The minimum Gasteiger partial charge on any atom is -0.399 e. The molecule has 10 heteroatoms. The van der Waals surface area contributed by atoms with E-state index >= 15 is 0 Å². The molecule has 2 unspecified atom stereocenters. The van der Waals surface area contributed by atoms with Crippen molar-refractivity contribution in [1.82, 2.24) is 0 Å². The molecule has 26 heavy (non-hydrogen) atoms. The van der Waals surface area contributed by atoms with Gasteiger partial charge in [0.25, 0.3) is 10.0 Å². The lowest BCUT2D eigenvalue weighted by Crippen LogP contribution is -2.27. The van der Waals surface area contributed by atoms with E-state index in [1.54, 1.807) is 0 Å². The Balaban J connectivity index is 2.44. The van der Waals surface area contributed by atoms with Gasteiger partial charge in [0.15, 0.2) is 0 Å². The number of sulfonamides is 1. The molecular weight excluding hydrogens is 371 g/mol. The van der Waals surface area contributed by atoms with Gasteiger partial charge in [0.2, 0.25) is 0 Å². The highest BCUT2D eigenvalue weighted by Gasteiger charge is 2.36. The topological polar surface area (TPSA) is 118 Å². The highest BCUT2D eigenvalue weighted by molar-refractivity contribution is 7.92. The summed E-state index contributed by atoms with van der Waals surface area (Å²) in [6.45, 7) is 1.34. The van der Waals surface area contributed by atoms with Crippen molar-refractivity contribution in [1.29, 1.82) is 0 Å². The number of benzene rings is 2. The van der Waals surface area contributed by atoms with Gasteiger partial charge in [-0.15, -0.1) is 0 Å². The molecule has 0 aliphatic carbocycles. The first-order chi connectivity index (χ1) is 11.9. The molecule has 0 aromatic heterocycles. The molecule has 0 aliphatic heterocycles. The number of anilines is 2. The van der Waals surface area contributed by atoms with E-state index < -0.39 is 39.5 Å². The van der Waals surface area contributed by atoms with E-state index in [1.165, 1.54) is 31.2 Å². The van der Waals surface area contributed by atoms with Gasteiger partial charge in [-0.25, -0.2) is 8.42 Å². The minimum atomic E-state index is -4.72. The van der Waals surface area contributed by atoms with Crippen LogP contribution in [0.3, 0.4) is 0 Å². The number of nitrogens with one attached hydrogen (secondary N) is 1. The van der Waals surface area contributed by atoms with Crippen molar-refractivity contribution in [3.8, 4) is 0 Å². The van der Waals surface area contributed by atoms with E-state index in [4.69, 9.17) is 11.5 Å². The predicted molar refractivity (Wildman–Crippen MR) is 91.7 cm³/mol. The highest BCUT2D eigenvalue weighted by atomic mass is 32.2. The van der Waals surface area contributed by atoms with Crippen LogP contribution in [0, 0.1) is 0 Å². The molecule has 0 saturated carbocycles. The van der Waals surface area contributed by atoms with Crippen molar-refractivity contribution in [3.05, 3.63) is 53.6 Å². The van der Waals surface area contributed by atoms with Crippen molar-refractivity contribution < 1.29 is 26.7 Å². The second kappa shape index (κ2) is 7.14. The number of aliphatic hydroxyl groups is 1. The summed E-state index contributed by atoms with van der Waals surface area (Å²) >= 11 is 0. The molecule has 0 radical (unpaired) electrons. The van der Waals surface area contributed by atoms with E-state index in [2.05, 4.69) is 4.72 Å². The Kier molecular flexibility index (Phi) is 5.49. The third-order valence-corrected chi connectivity index (χ3v) is 5.01. The van der Waals surface area contributed by atoms with Crippen LogP contribution < -0.4 is 16.2 Å². The summed E-state index contributed by atoms with van der Waals surface area (Å²) in [5, 5.41) is 10.00. The lowest BCUT2D eigenvalue weighted by atomic mass is 9.97. The van der Waals surface area contributed by atoms with E-state index in [9.17, 15) is 26.7 Å². The molecule has 2 aromatic carbocycles. The van der Waals surface area contributed by atoms with Crippen LogP contribution in [0.15, 0.2) is 47.4 Å². The van der Waals surface area contributed by atoms with Crippen molar-refractivity contribution in [2.75, 3.05) is 10.5 Å². The average molecular weight is 389 g/mol. The van der Waals surface area contributed by atoms with Crippen molar-refractivity contribution in [3.63, 3.8) is 0 Å². The second-order valence-electron chi connectivity index (χ2n) is 5.78. The first-order valence-electron chi connectivity index (χ1n) is 7.45. The van der Waals surface area contributed by atoms with E-state index in [-0.39, 0.29) is 10.6 Å². The molecule has 0 saturated heterocycles. The molecule has 2 atom stereocenters. The summed E-state index contributed by atoms with van der Waals surface area (Å²) < 4.78 is 66.3. The number of nitrogen functional groups attached to an aromatic ring is 1. The lowest BCUT2D eigenvalue weighted by molar-refractivity contribution is -0.139. The van der Waals surface area contributed by atoms with Crippen LogP contribution in [0.5, 0.6) is 0 Å². The van der Waals surface area contributed by atoms with E-state index in [0.29, 0.717) is 11.8 Å². The first kappa shape index (κ1) is 20.0.